The molecule has 1 aromatic heterocycles. The van der Waals surface area contributed by atoms with E-state index < -0.39 is 0 Å². The molecule has 20 heavy (non-hydrogen) atoms. The quantitative estimate of drug-likeness (QED) is 0.913. The zero-order valence-corrected chi connectivity index (χ0v) is 12.7. The lowest BCUT2D eigenvalue weighted by atomic mass is 9.99. The number of nitrogens with one attached hydrogen (secondary N) is 1. The van der Waals surface area contributed by atoms with Crippen molar-refractivity contribution < 1.29 is 4.39 Å². The first-order chi connectivity index (χ1) is 9.52. The maximum atomic E-state index is 13.5. The molecule has 2 rings (SSSR count). The van der Waals surface area contributed by atoms with Crippen molar-refractivity contribution >= 4 is 11.6 Å². The van der Waals surface area contributed by atoms with Gasteiger partial charge in [0.1, 0.15) is 5.82 Å². The Kier molecular flexibility index (Phi) is 4.78. The van der Waals surface area contributed by atoms with Gasteiger partial charge in [0, 0.05) is 23.8 Å². The Labute approximate surface area is 123 Å². The largest absolute Gasteiger partial charge is 0.306 e. The lowest BCUT2D eigenvalue weighted by molar-refractivity contribution is 0.583. The number of hydrogen-bond donors (Lipinski definition) is 1. The molecule has 1 aromatic carbocycles. The average Bonchev–Trinajstić information content (AvgIpc) is 2.73. The zero-order valence-electron chi connectivity index (χ0n) is 12.0. The second-order valence-corrected chi connectivity index (χ2v) is 5.30. The maximum Gasteiger partial charge on any atom is 0.123 e. The van der Waals surface area contributed by atoms with Crippen molar-refractivity contribution in [2.24, 2.45) is 7.05 Å². The summed E-state index contributed by atoms with van der Waals surface area (Å²) < 4.78 is 15.3. The van der Waals surface area contributed by atoms with Gasteiger partial charge in [0.15, 0.2) is 0 Å². The number of nitrogens with zero attached hydrogens (tertiary/aromatic N) is 2. The predicted molar refractivity (Wildman–Crippen MR) is 79.5 cm³/mol. The highest BCUT2D eigenvalue weighted by Crippen LogP contribution is 2.30. The minimum Gasteiger partial charge on any atom is -0.306 e. The first-order valence-corrected chi connectivity index (χ1v) is 7.09. The van der Waals surface area contributed by atoms with Crippen LogP contribution < -0.4 is 5.32 Å². The molecule has 2 aromatic rings. The van der Waals surface area contributed by atoms with Gasteiger partial charge in [0.25, 0.3) is 0 Å². The molecule has 0 aliphatic carbocycles. The van der Waals surface area contributed by atoms with Crippen molar-refractivity contribution in [1.29, 1.82) is 0 Å². The Morgan fingerprint density at radius 2 is 2.15 bits per heavy atom. The molecule has 5 heteroatoms. The van der Waals surface area contributed by atoms with Crippen LogP contribution in [0.2, 0.25) is 5.02 Å². The number of halogens is 2. The van der Waals surface area contributed by atoms with Gasteiger partial charge in [-0.2, -0.15) is 5.10 Å². The van der Waals surface area contributed by atoms with Gasteiger partial charge in [-0.15, -0.1) is 0 Å². The lowest BCUT2D eigenvalue weighted by Crippen LogP contribution is -2.24. The molecular formula is C15H19ClFN3. The lowest BCUT2D eigenvalue weighted by Gasteiger charge is -2.20. The fourth-order valence-electron chi connectivity index (χ4n) is 2.31. The van der Waals surface area contributed by atoms with E-state index in [1.807, 2.05) is 20.2 Å². The monoisotopic (exact) mass is 295 g/mol. The van der Waals surface area contributed by atoms with E-state index in [0.717, 1.165) is 29.8 Å². The van der Waals surface area contributed by atoms with Gasteiger partial charge in [0.05, 0.1) is 11.7 Å². The molecule has 1 heterocycles. The van der Waals surface area contributed by atoms with E-state index >= 15 is 0 Å². The summed E-state index contributed by atoms with van der Waals surface area (Å²) in [5, 5.41) is 8.34. The molecule has 0 saturated carbocycles. The van der Waals surface area contributed by atoms with E-state index in [-0.39, 0.29) is 11.9 Å². The highest BCUT2D eigenvalue weighted by atomic mass is 35.5. The van der Waals surface area contributed by atoms with E-state index in [1.165, 1.54) is 12.1 Å². The molecule has 0 bridgehead atoms. The molecule has 108 valence electrons. The molecule has 0 aliphatic heterocycles. The molecule has 1 unspecified atom stereocenters. The van der Waals surface area contributed by atoms with E-state index in [2.05, 4.69) is 17.3 Å². The molecule has 1 N–H and O–H groups in total. The van der Waals surface area contributed by atoms with Crippen LogP contribution in [0.15, 0.2) is 24.4 Å². The van der Waals surface area contributed by atoms with Crippen molar-refractivity contribution in [2.45, 2.75) is 26.3 Å². The van der Waals surface area contributed by atoms with E-state index in [1.54, 1.807) is 10.7 Å². The standard InChI is InChI=1S/C15H19ClFN3/c1-4-7-18-15(13-9-20(3)19-10(13)2)12-8-11(17)5-6-14(12)16/h5-6,8-9,15,18H,4,7H2,1-3H3. The van der Waals surface area contributed by atoms with Gasteiger partial charge in [-0.3, -0.25) is 4.68 Å². The molecular weight excluding hydrogens is 277 g/mol. The molecule has 0 fully saturated rings. The molecule has 0 radical (unpaired) electrons. The number of rotatable bonds is 5. The maximum absolute atomic E-state index is 13.5. The third-order valence-corrected chi connectivity index (χ3v) is 3.57. The Balaban J connectivity index is 2.46. The molecule has 3 nitrogen and oxygen atoms in total. The van der Waals surface area contributed by atoms with Crippen LogP contribution in [0.1, 0.15) is 36.2 Å². The smallest absolute Gasteiger partial charge is 0.123 e. The SMILES string of the molecule is CCCNC(c1cc(F)ccc1Cl)c1cn(C)nc1C. The summed E-state index contributed by atoms with van der Waals surface area (Å²) >= 11 is 6.25. The predicted octanol–water partition coefficient (Wildman–Crippen LogP) is 3.61. The zero-order chi connectivity index (χ0) is 14.7. The van der Waals surface area contributed by atoms with Crippen LogP contribution in [-0.2, 0) is 7.05 Å². The Morgan fingerprint density at radius 3 is 2.75 bits per heavy atom. The topological polar surface area (TPSA) is 29.9 Å². The van der Waals surface area contributed by atoms with Crippen molar-refractivity contribution in [1.82, 2.24) is 15.1 Å². The summed E-state index contributed by atoms with van der Waals surface area (Å²) in [6, 6.07) is 4.31. The minimum atomic E-state index is -0.283. The van der Waals surface area contributed by atoms with Crippen LogP contribution in [0, 0.1) is 12.7 Å². The average molecular weight is 296 g/mol. The van der Waals surface area contributed by atoms with Crippen LogP contribution in [-0.4, -0.2) is 16.3 Å². The summed E-state index contributed by atoms with van der Waals surface area (Å²) in [6.45, 7) is 4.86. The summed E-state index contributed by atoms with van der Waals surface area (Å²) in [5.74, 6) is -0.283. The first kappa shape index (κ1) is 15.0. The van der Waals surface area contributed by atoms with Crippen LogP contribution in [0.4, 0.5) is 4.39 Å². The van der Waals surface area contributed by atoms with E-state index in [4.69, 9.17) is 11.6 Å². The normalized spacial score (nSPS) is 12.7. The number of aryl methyl sites for hydroxylation is 2. The van der Waals surface area contributed by atoms with Crippen molar-refractivity contribution in [3.8, 4) is 0 Å². The highest BCUT2D eigenvalue weighted by molar-refractivity contribution is 6.31. The van der Waals surface area contributed by atoms with Crippen LogP contribution in [0.5, 0.6) is 0 Å². The van der Waals surface area contributed by atoms with Crippen molar-refractivity contribution in [2.75, 3.05) is 6.54 Å². The number of aromatic nitrogens is 2. The summed E-state index contributed by atoms with van der Waals surface area (Å²) in [4.78, 5) is 0. The van der Waals surface area contributed by atoms with Gasteiger partial charge < -0.3 is 5.32 Å². The second-order valence-electron chi connectivity index (χ2n) is 4.90. The van der Waals surface area contributed by atoms with Crippen LogP contribution in [0.25, 0.3) is 0 Å². The van der Waals surface area contributed by atoms with Gasteiger partial charge in [-0.05, 0) is 43.7 Å². The molecule has 0 amide bonds. The molecule has 0 spiro atoms. The second kappa shape index (κ2) is 6.37. The van der Waals surface area contributed by atoms with Crippen molar-refractivity contribution in [3.05, 3.63) is 52.1 Å². The Bertz CT molecular complexity index is 595. The van der Waals surface area contributed by atoms with Gasteiger partial charge in [-0.1, -0.05) is 18.5 Å². The van der Waals surface area contributed by atoms with Crippen LogP contribution in [0.3, 0.4) is 0 Å². The Hall–Kier alpha value is -1.39. The fraction of sp³-hybridized carbons (Fsp3) is 0.400. The fourth-order valence-corrected chi connectivity index (χ4v) is 2.54. The molecule has 0 aliphatic rings. The highest BCUT2D eigenvalue weighted by Gasteiger charge is 2.20. The summed E-state index contributed by atoms with van der Waals surface area (Å²) in [6.07, 6.45) is 2.94. The van der Waals surface area contributed by atoms with E-state index in [9.17, 15) is 4.39 Å². The summed E-state index contributed by atoms with van der Waals surface area (Å²) in [5.41, 5.74) is 2.69. The summed E-state index contributed by atoms with van der Waals surface area (Å²) in [7, 11) is 1.88. The first-order valence-electron chi connectivity index (χ1n) is 6.71. The third-order valence-electron chi connectivity index (χ3n) is 3.23. The molecule has 0 saturated heterocycles. The molecule has 1 atom stereocenters. The van der Waals surface area contributed by atoms with E-state index in [0.29, 0.717) is 5.02 Å². The third kappa shape index (κ3) is 3.19. The van der Waals surface area contributed by atoms with Gasteiger partial charge in [0.2, 0.25) is 0 Å². The number of benzene rings is 1. The Morgan fingerprint density at radius 1 is 1.40 bits per heavy atom. The minimum absolute atomic E-state index is 0.146. The van der Waals surface area contributed by atoms with Crippen molar-refractivity contribution in [3.63, 3.8) is 0 Å². The van der Waals surface area contributed by atoms with Gasteiger partial charge in [-0.25, -0.2) is 4.39 Å². The van der Waals surface area contributed by atoms with Gasteiger partial charge >= 0.3 is 0 Å². The van der Waals surface area contributed by atoms with Crippen LogP contribution >= 0.6 is 11.6 Å². The number of hydrogen-bond acceptors (Lipinski definition) is 2.